The molecule has 3 rings (SSSR count). The van der Waals surface area contributed by atoms with Crippen molar-refractivity contribution in [3.8, 4) is 11.5 Å². The van der Waals surface area contributed by atoms with Gasteiger partial charge in [-0.05, 0) is 73.0 Å². The molecule has 5 nitrogen and oxygen atoms in total. The first-order chi connectivity index (χ1) is 15.1. The molecule has 0 fully saturated rings. The highest BCUT2D eigenvalue weighted by Gasteiger charge is 2.04. The third kappa shape index (κ3) is 7.30. The zero-order valence-electron chi connectivity index (χ0n) is 18.0. The minimum absolute atomic E-state index is 0.269. The van der Waals surface area contributed by atoms with Crippen molar-refractivity contribution in [3.05, 3.63) is 95.1 Å². The van der Waals surface area contributed by atoms with Crippen molar-refractivity contribution in [1.82, 2.24) is 5.43 Å². The number of benzene rings is 3. The van der Waals surface area contributed by atoms with E-state index in [9.17, 15) is 4.79 Å². The molecule has 3 aromatic rings. The number of nitrogens with one attached hydrogen (secondary N) is 1. The Morgan fingerprint density at radius 3 is 2.23 bits per heavy atom. The van der Waals surface area contributed by atoms with Crippen LogP contribution >= 0.6 is 0 Å². The number of aryl methyl sites for hydroxylation is 1. The van der Waals surface area contributed by atoms with E-state index in [0.717, 1.165) is 35.5 Å². The van der Waals surface area contributed by atoms with E-state index in [1.165, 1.54) is 5.56 Å². The average Bonchev–Trinajstić information content (AvgIpc) is 2.80. The summed E-state index contributed by atoms with van der Waals surface area (Å²) in [5.74, 6) is 1.27. The summed E-state index contributed by atoms with van der Waals surface area (Å²) < 4.78 is 11.4. The van der Waals surface area contributed by atoms with E-state index < -0.39 is 0 Å². The normalized spacial score (nSPS) is 10.8. The summed E-state index contributed by atoms with van der Waals surface area (Å²) in [6, 6.07) is 22.9. The SMILES string of the molecule is CCCCOc1ccc(C(=O)N/N=C/c2ccc(OCc3ccc(C)cc3)cc2)cc1. The summed E-state index contributed by atoms with van der Waals surface area (Å²) in [6.45, 7) is 5.38. The molecule has 5 heteroatoms. The molecule has 0 atom stereocenters. The molecule has 31 heavy (non-hydrogen) atoms. The Kier molecular flexibility index (Phi) is 8.23. The predicted octanol–water partition coefficient (Wildman–Crippen LogP) is 5.52. The van der Waals surface area contributed by atoms with Crippen molar-refractivity contribution >= 4 is 12.1 Å². The number of nitrogens with zero attached hydrogens (tertiary/aromatic N) is 1. The van der Waals surface area contributed by atoms with Crippen molar-refractivity contribution in [3.63, 3.8) is 0 Å². The van der Waals surface area contributed by atoms with E-state index in [0.29, 0.717) is 18.8 Å². The van der Waals surface area contributed by atoms with Crippen molar-refractivity contribution < 1.29 is 14.3 Å². The molecule has 0 aliphatic rings. The molecule has 0 saturated heterocycles. The second kappa shape index (κ2) is 11.6. The van der Waals surface area contributed by atoms with Crippen LogP contribution in [-0.4, -0.2) is 18.7 Å². The highest BCUT2D eigenvalue weighted by molar-refractivity contribution is 5.95. The minimum atomic E-state index is -0.269. The van der Waals surface area contributed by atoms with E-state index in [1.807, 2.05) is 24.3 Å². The standard InChI is InChI=1S/C26H28N2O3/c1-3-4-17-30-24-15-11-23(12-16-24)26(29)28-27-18-21-9-13-25(14-10-21)31-19-22-7-5-20(2)6-8-22/h5-16,18H,3-4,17,19H2,1-2H3,(H,28,29)/b27-18+. The fraction of sp³-hybridized carbons (Fsp3) is 0.231. The molecule has 0 aliphatic heterocycles. The molecular weight excluding hydrogens is 388 g/mol. The molecule has 0 heterocycles. The third-order valence-corrected chi connectivity index (χ3v) is 4.67. The van der Waals surface area contributed by atoms with E-state index in [1.54, 1.807) is 30.5 Å². The van der Waals surface area contributed by atoms with Crippen LogP contribution in [0, 0.1) is 6.92 Å². The number of hydrogen-bond donors (Lipinski definition) is 1. The third-order valence-electron chi connectivity index (χ3n) is 4.67. The van der Waals surface area contributed by atoms with Gasteiger partial charge in [-0.1, -0.05) is 43.2 Å². The number of rotatable bonds is 10. The molecule has 3 aromatic carbocycles. The lowest BCUT2D eigenvalue weighted by Gasteiger charge is -2.07. The highest BCUT2D eigenvalue weighted by Crippen LogP contribution is 2.15. The van der Waals surface area contributed by atoms with Crippen LogP contribution in [0.3, 0.4) is 0 Å². The fourth-order valence-corrected chi connectivity index (χ4v) is 2.77. The number of carbonyl (C=O) groups is 1. The molecule has 1 amide bonds. The summed E-state index contributed by atoms with van der Waals surface area (Å²) >= 11 is 0. The van der Waals surface area contributed by atoms with Gasteiger partial charge in [0.15, 0.2) is 0 Å². The van der Waals surface area contributed by atoms with Gasteiger partial charge in [0.05, 0.1) is 12.8 Å². The Labute approximate surface area is 183 Å². The minimum Gasteiger partial charge on any atom is -0.494 e. The van der Waals surface area contributed by atoms with Crippen LogP contribution in [0.15, 0.2) is 77.9 Å². The first-order valence-electron chi connectivity index (χ1n) is 10.5. The molecule has 1 N–H and O–H groups in total. The summed E-state index contributed by atoms with van der Waals surface area (Å²) in [7, 11) is 0. The number of ether oxygens (including phenoxy) is 2. The van der Waals surface area contributed by atoms with E-state index in [-0.39, 0.29) is 5.91 Å². The van der Waals surface area contributed by atoms with Gasteiger partial charge in [0, 0.05) is 5.56 Å². The van der Waals surface area contributed by atoms with Crippen LogP contribution in [0.2, 0.25) is 0 Å². The van der Waals surface area contributed by atoms with Gasteiger partial charge in [0.25, 0.3) is 5.91 Å². The molecule has 0 aliphatic carbocycles. The first kappa shape index (κ1) is 22.1. The van der Waals surface area contributed by atoms with Gasteiger partial charge in [-0.15, -0.1) is 0 Å². The van der Waals surface area contributed by atoms with E-state index in [4.69, 9.17) is 9.47 Å². The number of carbonyl (C=O) groups excluding carboxylic acids is 1. The second-order valence-electron chi connectivity index (χ2n) is 7.27. The summed E-state index contributed by atoms with van der Waals surface area (Å²) in [4.78, 5) is 12.2. The van der Waals surface area contributed by atoms with Crippen LogP contribution in [0.4, 0.5) is 0 Å². The Balaban J connectivity index is 1.45. The smallest absolute Gasteiger partial charge is 0.271 e. The zero-order valence-corrected chi connectivity index (χ0v) is 18.0. The lowest BCUT2D eigenvalue weighted by molar-refractivity contribution is 0.0955. The number of hydrazone groups is 1. The Morgan fingerprint density at radius 1 is 0.903 bits per heavy atom. The summed E-state index contributed by atoms with van der Waals surface area (Å²) in [6.07, 6.45) is 3.70. The van der Waals surface area contributed by atoms with Crippen molar-refractivity contribution in [1.29, 1.82) is 0 Å². The van der Waals surface area contributed by atoms with Crippen LogP contribution in [0.5, 0.6) is 11.5 Å². The van der Waals surface area contributed by atoms with Crippen molar-refractivity contribution in [2.45, 2.75) is 33.3 Å². The first-order valence-corrected chi connectivity index (χ1v) is 10.5. The van der Waals surface area contributed by atoms with Gasteiger partial charge in [-0.25, -0.2) is 5.43 Å². The van der Waals surface area contributed by atoms with Gasteiger partial charge in [-0.2, -0.15) is 5.10 Å². The molecule has 0 radical (unpaired) electrons. The Bertz CT molecular complexity index is 979. The Hall–Kier alpha value is -3.60. The molecule has 0 spiro atoms. The Morgan fingerprint density at radius 2 is 1.55 bits per heavy atom. The lowest BCUT2D eigenvalue weighted by Crippen LogP contribution is -2.17. The van der Waals surface area contributed by atoms with Crippen LogP contribution < -0.4 is 14.9 Å². The molecule has 0 saturated carbocycles. The second-order valence-corrected chi connectivity index (χ2v) is 7.27. The fourth-order valence-electron chi connectivity index (χ4n) is 2.77. The topological polar surface area (TPSA) is 59.9 Å². The number of amides is 1. The zero-order chi connectivity index (χ0) is 21.9. The predicted molar refractivity (Wildman–Crippen MR) is 124 cm³/mol. The lowest BCUT2D eigenvalue weighted by atomic mass is 10.2. The molecule has 0 aromatic heterocycles. The molecule has 0 unspecified atom stereocenters. The monoisotopic (exact) mass is 416 g/mol. The largest absolute Gasteiger partial charge is 0.494 e. The summed E-state index contributed by atoms with van der Waals surface area (Å²) in [5, 5.41) is 4.04. The number of hydrogen-bond acceptors (Lipinski definition) is 4. The van der Waals surface area contributed by atoms with Crippen LogP contribution in [0.1, 0.15) is 46.8 Å². The van der Waals surface area contributed by atoms with Crippen LogP contribution in [-0.2, 0) is 6.61 Å². The maximum atomic E-state index is 12.2. The van der Waals surface area contributed by atoms with Gasteiger partial charge in [-0.3, -0.25) is 4.79 Å². The highest BCUT2D eigenvalue weighted by atomic mass is 16.5. The van der Waals surface area contributed by atoms with Gasteiger partial charge in [0.2, 0.25) is 0 Å². The van der Waals surface area contributed by atoms with Gasteiger partial charge in [0.1, 0.15) is 18.1 Å². The maximum Gasteiger partial charge on any atom is 0.271 e. The number of unbranched alkanes of at least 4 members (excludes halogenated alkanes) is 1. The van der Waals surface area contributed by atoms with E-state index >= 15 is 0 Å². The van der Waals surface area contributed by atoms with Crippen molar-refractivity contribution in [2.75, 3.05) is 6.61 Å². The van der Waals surface area contributed by atoms with Gasteiger partial charge >= 0.3 is 0 Å². The molecule has 0 bridgehead atoms. The quantitative estimate of drug-likeness (QED) is 0.269. The maximum absolute atomic E-state index is 12.2. The van der Waals surface area contributed by atoms with Crippen LogP contribution in [0.25, 0.3) is 0 Å². The van der Waals surface area contributed by atoms with Crippen molar-refractivity contribution in [2.24, 2.45) is 5.10 Å². The molecular formula is C26H28N2O3. The average molecular weight is 417 g/mol. The molecule has 160 valence electrons. The summed E-state index contributed by atoms with van der Waals surface area (Å²) in [5.41, 5.74) is 6.29. The van der Waals surface area contributed by atoms with Gasteiger partial charge < -0.3 is 9.47 Å². The van der Waals surface area contributed by atoms with E-state index in [2.05, 4.69) is 48.6 Å².